The van der Waals surface area contributed by atoms with Crippen LogP contribution in [0.5, 0.6) is 17.2 Å². The molecule has 3 amide bonds. The lowest BCUT2D eigenvalue weighted by molar-refractivity contribution is -0.153. The molecular formula is C29H28Cl3N3O5. The van der Waals surface area contributed by atoms with E-state index in [0.717, 1.165) is 0 Å². The first-order chi connectivity index (χ1) is 19.1. The first-order valence-electron chi connectivity index (χ1n) is 12.7. The molecule has 8 nitrogen and oxygen atoms in total. The van der Waals surface area contributed by atoms with Gasteiger partial charge in [0.2, 0.25) is 5.91 Å². The van der Waals surface area contributed by atoms with E-state index >= 15 is 0 Å². The molecule has 0 aliphatic carbocycles. The molecule has 0 atom stereocenters. The van der Waals surface area contributed by atoms with Gasteiger partial charge in [-0.2, -0.15) is 0 Å². The number of likely N-dealkylation sites (tertiary alicyclic amines) is 1. The highest BCUT2D eigenvalue weighted by molar-refractivity contribution is 6.35. The van der Waals surface area contributed by atoms with E-state index in [9.17, 15) is 19.5 Å². The molecule has 1 aliphatic heterocycles. The molecule has 0 spiro atoms. The van der Waals surface area contributed by atoms with Crippen LogP contribution >= 0.6 is 34.8 Å². The third-order valence-electron chi connectivity index (χ3n) is 6.65. The van der Waals surface area contributed by atoms with Crippen molar-refractivity contribution in [2.75, 3.05) is 25.0 Å². The maximum Gasteiger partial charge on any atom is 0.312 e. The number of phenols is 1. The lowest BCUT2D eigenvalue weighted by Gasteiger charge is -2.32. The second-order valence-electron chi connectivity index (χ2n) is 9.34. The summed E-state index contributed by atoms with van der Waals surface area (Å²) >= 11 is 18.1. The monoisotopic (exact) mass is 603 g/mol. The Balaban J connectivity index is 1.37. The van der Waals surface area contributed by atoms with Gasteiger partial charge in [0.25, 0.3) is 0 Å². The minimum Gasteiger partial charge on any atom is -0.506 e. The van der Waals surface area contributed by atoms with Crippen molar-refractivity contribution < 1.29 is 24.2 Å². The summed E-state index contributed by atoms with van der Waals surface area (Å²) in [5, 5.41) is 14.1. The van der Waals surface area contributed by atoms with E-state index < -0.39 is 11.8 Å². The highest BCUT2D eigenvalue weighted by Gasteiger charge is 2.32. The lowest BCUT2D eigenvalue weighted by Crippen LogP contribution is -2.48. The second kappa shape index (κ2) is 13.3. The molecule has 1 saturated heterocycles. The first-order valence-corrected chi connectivity index (χ1v) is 13.9. The van der Waals surface area contributed by atoms with E-state index in [-0.39, 0.29) is 42.9 Å². The minimum absolute atomic E-state index is 0.0852. The average molecular weight is 605 g/mol. The van der Waals surface area contributed by atoms with Crippen LogP contribution in [0.3, 0.4) is 0 Å². The fourth-order valence-electron chi connectivity index (χ4n) is 4.37. The number of aromatic hydroxyl groups is 1. The lowest BCUT2D eigenvalue weighted by atomic mass is 9.95. The fraction of sp³-hybridized carbons (Fsp3) is 0.276. The van der Waals surface area contributed by atoms with Crippen LogP contribution < -0.4 is 10.1 Å². The number of nitrogens with one attached hydrogen (secondary N) is 1. The van der Waals surface area contributed by atoms with E-state index in [2.05, 4.69) is 5.32 Å². The number of hydrogen-bond donors (Lipinski definition) is 2. The summed E-state index contributed by atoms with van der Waals surface area (Å²) in [5.74, 6) is -0.979. The predicted octanol–water partition coefficient (Wildman–Crippen LogP) is 6.37. The van der Waals surface area contributed by atoms with Crippen LogP contribution in [0.1, 0.15) is 25.3 Å². The molecule has 11 heteroatoms. The summed E-state index contributed by atoms with van der Waals surface area (Å²) in [6, 6.07) is 16.4. The van der Waals surface area contributed by atoms with Gasteiger partial charge in [-0.05, 0) is 74.4 Å². The zero-order valence-electron chi connectivity index (χ0n) is 21.7. The van der Waals surface area contributed by atoms with Gasteiger partial charge in [0.1, 0.15) is 17.2 Å². The third-order valence-corrected chi connectivity index (χ3v) is 7.38. The molecule has 0 unspecified atom stereocenters. The summed E-state index contributed by atoms with van der Waals surface area (Å²) in [4.78, 5) is 42.0. The summed E-state index contributed by atoms with van der Waals surface area (Å²) < 4.78 is 6.00. The van der Waals surface area contributed by atoms with Crippen molar-refractivity contribution in [1.29, 1.82) is 0 Å². The molecule has 3 aromatic carbocycles. The molecule has 0 radical (unpaired) electrons. The first kappa shape index (κ1) is 29.5. The van der Waals surface area contributed by atoms with E-state index in [0.29, 0.717) is 51.5 Å². The largest absolute Gasteiger partial charge is 0.506 e. The van der Waals surface area contributed by atoms with Crippen LogP contribution in [0, 0.1) is 5.92 Å². The van der Waals surface area contributed by atoms with Crippen LogP contribution in [0.25, 0.3) is 0 Å². The van der Waals surface area contributed by atoms with Crippen LogP contribution in [-0.4, -0.2) is 52.3 Å². The molecule has 1 heterocycles. The molecular weight excluding hydrogens is 577 g/mol. The molecule has 0 saturated carbocycles. The Labute approximate surface area is 247 Å². The summed E-state index contributed by atoms with van der Waals surface area (Å²) in [6.07, 6.45) is 0.767. The number of hydrogen-bond acceptors (Lipinski definition) is 5. The van der Waals surface area contributed by atoms with Crippen molar-refractivity contribution in [2.45, 2.75) is 26.3 Å². The number of nitrogens with zero attached hydrogens (tertiary/aromatic N) is 2. The Bertz CT molecular complexity index is 1390. The summed E-state index contributed by atoms with van der Waals surface area (Å²) in [6.45, 7) is 2.75. The summed E-state index contributed by atoms with van der Waals surface area (Å²) in [5.41, 5.74) is 0.911. The second-order valence-corrected chi connectivity index (χ2v) is 10.7. The van der Waals surface area contributed by atoms with Gasteiger partial charge < -0.3 is 25.0 Å². The molecule has 1 fully saturated rings. The van der Waals surface area contributed by atoms with Crippen LogP contribution in [0.4, 0.5) is 5.69 Å². The van der Waals surface area contributed by atoms with E-state index in [1.54, 1.807) is 49.4 Å². The predicted molar refractivity (Wildman–Crippen MR) is 155 cm³/mol. The number of amides is 3. The number of ether oxygens (including phenoxy) is 1. The molecule has 0 bridgehead atoms. The number of carbonyl (C=O) groups excluding carboxylic acids is 3. The van der Waals surface area contributed by atoms with Crippen LogP contribution in [0.2, 0.25) is 15.1 Å². The van der Waals surface area contributed by atoms with Gasteiger partial charge in [0.05, 0.1) is 5.69 Å². The van der Waals surface area contributed by atoms with Gasteiger partial charge in [0.15, 0.2) is 0 Å². The molecule has 2 N–H and O–H groups in total. The Morgan fingerprint density at radius 2 is 1.57 bits per heavy atom. The zero-order chi connectivity index (χ0) is 28.8. The molecule has 40 heavy (non-hydrogen) atoms. The Morgan fingerprint density at radius 1 is 0.950 bits per heavy atom. The maximum absolute atomic E-state index is 13.2. The number of phenolic OH excluding ortho intramolecular Hbond substituents is 1. The Morgan fingerprint density at radius 3 is 2.25 bits per heavy atom. The van der Waals surface area contributed by atoms with Gasteiger partial charge in [-0.15, -0.1) is 0 Å². The van der Waals surface area contributed by atoms with E-state index in [1.807, 2.05) is 0 Å². The van der Waals surface area contributed by atoms with Crippen LogP contribution in [0.15, 0.2) is 60.7 Å². The number of anilines is 1. The molecule has 210 valence electrons. The highest BCUT2D eigenvalue weighted by Crippen LogP contribution is 2.31. The maximum atomic E-state index is 13.2. The molecule has 3 aromatic rings. The van der Waals surface area contributed by atoms with Crippen LogP contribution in [-0.2, 0) is 20.9 Å². The topological polar surface area (TPSA) is 99.2 Å². The average Bonchev–Trinajstić information content (AvgIpc) is 2.95. The molecule has 4 rings (SSSR count). The highest BCUT2D eigenvalue weighted by atomic mass is 35.5. The number of likely N-dealkylation sites (N-methyl/N-ethyl adjacent to an activating group) is 1. The van der Waals surface area contributed by atoms with Crippen molar-refractivity contribution in [3.8, 4) is 17.2 Å². The number of rotatable bonds is 7. The Hall–Kier alpha value is -3.46. The van der Waals surface area contributed by atoms with Crippen molar-refractivity contribution >= 4 is 58.2 Å². The molecule has 1 aliphatic rings. The zero-order valence-corrected chi connectivity index (χ0v) is 24.0. The van der Waals surface area contributed by atoms with Gasteiger partial charge in [-0.1, -0.05) is 40.9 Å². The normalized spacial score (nSPS) is 13.6. The smallest absolute Gasteiger partial charge is 0.312 e. The van der Waals surface area contributed by atoms with Crippen molar-refractivity contribution in [3.63, 3.8) is 0 Å². The van der Waals surface area contributed by atoms with E-state index in [1.165, 1.54) is 28.0 Å². The summed E-state index contributed by atoms with van der Waals surface area (Å²) in [7, 11) is 0. The van der Waals surface area contributed by atoms with E-state index in [4.69, 9.17) is 39.5 Å². The number of halogens is 3. The Kier molecular flexibility index (Phi) is 9.79. The standard InChI is InChI=1S/C29H28Cl3N3O5/c1-2-34(17-19-3-4-22(32)16-26(19)40-23-8-5-20(30)6-9-23)28(38)29(39)35-13-11-18(12-14-35)27(37)33-24-15-21(31)7-10-25(24)36/h3-10,15-16,18,36H,2,11-14,17H2,1H3,(H,33,37). The number of carbonyl (C=O) groups is 3. The van der Waals surface area contributed by atoms with Gasteiger partial charge in [-0.3, -0.25) is 14.4 Å². The van der Waals surface area contributed by atoms with Gasteiger partial charge >= 0.3 is 11.8 Å². The quantitative estimate of drug-likeness (QED) is 0.241. The SMILES string of the molecule is CCN(Cc1ccc(Cl)cc1Oc1ccc(Cl)cc1)C(=O)C(=O)N1CCC(C(=O)Nc2cc(Cl)ccc2O)CC1. The number of piperidine rings is 1. The van der Waals surface area contributed by atoms with Crippen molar-refractivity contribution in [3.05, 3.63) is 81.3 Å². The molecule has 0 aromatic heterocycles. The third kappa shape index (κ3) is 7.38. The number of benzene rings is 3. The van der Waals surface area contributed by atoms with Gasteiger partial charge in [0, 0.05) is 52.7 Å². The van der Waals surface area contributed by atoms with Gasteiger partial charge in [-0.25, -0.2) is 0 Å². The fourth-order valence-corrected chi connectivity index (χ4v) is 4.84. The van der Waals surface area contributed by atoms with Crippen molar-refractivity contribution in [2.24, 2.45) is 5.92 Å². The minimum atomic E-state index is -0.637. The van der Waals surface area contributed by atoms with Crippen molar-refractivity contribution in [1.82, 2.24) is 9.80 Å².